The lowest BCUT2D eigenvalue weighted by Gasteiger charge is -2.29. The molecule has 0 aliphatic carbocycles. The predicted octanol–water partition coefficient (Wildman–Crippen LogP) is 6.65. The summed E-state index contributed by atoms with van der Waals surface area (Å²) in [4.78, 5) is 0. The topological polar surface area (TPSA) is 18.5 Å². The van der Waals surface area contributed by atoms with Crippen molar-refractivity contribution in [2.24, 2.45) is 5.92 Å². The van der Waals surface area contributed by atoms with E-state index >= 15 is 0 Å². The molecule has 2 nitrogen and oxygen atoms in total. The van der Waals surface area contributed by atoms with Crippen LogP contribution in [-0.2, 0) is 9.47 Å². The Hall–Kier alpha value is -2.88. The van der Waals surface area contributed by atoms with Crippen molar-refractivity contribution in [2.45, 2.75) is 32.5 Å². The summed E-state index contributed by atoms with van der Waals surface area (Å²) < 4.78 is 67.4. The van der Waals surface area contributed by atoms with Gasteiger partial charge in [0.15, 0.2) is 17.9 Å². The van der Waals surface area contributed by atoms with Crippen LogP contribution in [0.1, 0.15) is 49.2 Å². The molecule has 166 valence electrons. The van der Waals surface area contributed by atoms with Crippen LogP contribution in [0.15, 0.2) is 42.5 Å². The van der Waals surface area contributed by atoms with Crippen LogP contribution in [0.25, 0.3) is 10.8 Å². The monoisotopic (exact) mass is 442 g/mol. The molecule has 32 heavy (non-hydrogen) atoms. The van der Waals surface area contributed by atoms with Crippen LogP contribution in [0.2, 0.25) is 0 Å². The van der Waals surface area contributed by atoms with Gasteiger partial charge >= 0.3 is 0 Å². The van der Waals surface area contributed by atoms with Gasteiger partial charge in [0.2, 0.25) is 0 Å². The number of benzene rings is 3. The lowest BCUT2D eigenvalue weighted by atomic mass is 10.0. The summed E-state index contributed by atoms with van der Waals surface area (Å²) in [6.07, 6.45) is 2.36. The lowest BCUT2D eigenvalue weighted by molar-refractivity contribution is -0.206. The molecule has 3 aromatic rings. The Morgan fingerprint density at radius 3 is 2.12 bits per heavy atom. The zero-order valence-electron chi connectivity index (χ0n) is 17.6. The maximum Gasteiger partial charge on any atom is 0.184 e. The van der Waals surface area contributed by atoms with Crippen molar-refractivity contribution in [2.75, 3.05) is 13.2 Å². The molecule has 6 heteroatoms. The van der Waals surface area contributed by atoms with Crippen molar-refractivity contribution in [3.8, 4) is 11.8 Å². The molecule has 0 atom stereocenters. The summed E-state index contributed by atoms with van der Waals surface area (Å²) in [6.45, 7) is 3.09. The van der Waals surface area contributed by atoms with Crippen molar-refractivity contribution < 1.29 is 27.0 Å². The van der Waals surface area contributed by atoms with Gasteiger partial charge in [-0.2, -0.15) is 0 Å². The molecule has 0 amide bonds. The van der Waals surface area contributed by atoms with Gasteiger partial charge in [-0.15, -0.1) is 0 Å². The van der Waals surface area contributed by atoms with Crippen LogP contribution in [-0.4, -0.2) is 13.2 Å². The number of fused-ring (bicyclic) bond motifs is 1. The van der Waals surface area contributed by atoms with Crippen LogP contribution in [0, 0.1) is 41.0 Å². The van der Waals surface area contributed by atoms with Crippen LogP contribution < -0.4 is 0 Å². The van der Waals surface area contributed by atoms with Crippen LogP contribution in [0.4, 0.5) is 17.6 Å². The molecule has 0 bridgehead atoms. The SMILES string of the molecule is CCCCC1COC(c2cc(F)c(C#Cc3ccc4cc(F)c(F)cc4c3)c(F)c2)OC1. The van der Waals surface area contributed by atoms with Gasteiger partial charge in [-0.3, -0.25) is 0 Å². The average molecular weight is 442 g/mol. The largest absolute Gasteiger partial charge is 0.348 e. The highest BCUT2D eigenvalue weighted by Gasteiger charge is 2.25. The summed E-state index contributed by atoms with van der Waals surface area (Å²) in [7, 11) is 0. The van der Waals surface area contributed by atoms with Crippen molar-refractivity contribution in [1.82, 2.24) is 0 Å². The van der Waals surface area contributed by atoms with Gasteiger partial charge in [-0.1, -0.05) is 37.7 Å². The van der Waals surface area contributed by atoms with Gasteiger partial charge in [0.25, 0.3) is 0 Å². The van der Waals surface area contributed by atoms with Gasteiger partial charge in [0.05, 0.1) is 18.8 Å². The van der Waals surface area contributed by atoms with E-state index < -0.39 is 29.6 Å². The summed E-state index contributed by atoms with van der Waals surface area (Å²) in [5.41, 5.74) is 0.307. The van der Waals surface area contributed by atoms with Crippen molar-refractivity contribution in [3.05, 3.63) is 82.4 Å². The molecule has 0 aromatic heterocycles. The standard InChI is InChI=1S/C26H22F4O2/c1-2-3-4-17-14-31-26(32-15-17)20-12-22(27)21(23(28)13-20)8-6-16-5-7-18-10-24(29)25(30)11-19(18)9-16/h5,7,9-13,17,26H,2-4,14-15H2,1H3. The fourth-order valence-electron chi connectivity index (χ4n) is 3.70. The van der Waals surface area contributed by atoms with E-state index in [-0.39, 0.29) is 17.0 Å². The number of ether oxygens (including phenoxy) is 2. The third kappa shape index (κ3) is 4.95. The van der Waals surface area contributed by atoms with E-state index in [0.29, 0.717) is 29.5 Å². The van der Waals surface area contributed by atoms with E-state index in [1.54, 1.807) is 12.1 Å². The van der Waals surface area contributed by atoms with Gasteiger partial charge in [-0.05, 0) is 53.6 Å². The third-order valence-corrected chi connectivity index (χ3v) is 5.48. The summed E-state index contributed by atoms with van der Waals surface area (Å²) in [5, 5.41) is 0.941. The van der Waals surface area contributed by atoms with E-state index in [4.69, 9.17) is 9.47 Å². The molecule has 1 aliphatic heterocycles. The Morgan fingerprint density at radius 1 is 0.812 bits per heavy atom. The quantitative estimate of drug-likeness (QED) is 0.333. The van der Waals surface area contributed by atoms with Gasteiger partial charge < -0.3 is 9.47 Å². The zero-order valence-corrected chi connectivity index (χ0v) is 17.6. The lowest BCUT2D eigenvalue weighted by Crippen LogP contribution is -2.27. The molecule has 1 saturated heterocycles. The minimum atomic E-state index is -0.973. The first kappa shape index (κ1) is 22.3. The summed E-state index contributed by atoms with van der Waals surface area (Å²) in [5.74, 6) is 1.92. The highest BCUT2D eigenvalue weighted by atomic mass is 19.2. The summed E-state index contributed by atoms with van der Waals surface area (Å²) in [6, 6.07) is 9.17. The van der Waals surface area contributed by atoms with Gasteiger partial charge in [-0.25, -0.2) is 17.6 Å². The second-order valence-electron chi connectivity index (χ2n) is 7.94. The van der Waals surface area contributed by atoms with Gasteiger partial charge in [0, 0.05) is 17.0 Å². The molecule has 4 rings (SSSR count). The van der Waals surface area contributed by atoms with Gasteiger partial charge in [0.1, 0.15) is 11.6 Å². The molecule has 0 N–H and O–H groups in total. The Kier molecular flexibility index (Phi) is 6.78. The molecule has 0 radical (unpaired) electrons. The Bertz CT molecular complexity index is 1160. The minimum Gasteiger partial charge on any atom is -0.348 e. The summed E-state index contributed by atoms with van der Waals surface area (Å²) >= 11 is 0. The second-order valence-corrected chi connectivity index (χ2v) is 7.94. The fourth-order valence-corrected chi connectivity index (χ4v) is 3.70. The van der Waals surface area contributed by atoms with E-state index in [0.717, 1.165) is 31.4 Å². The third-order valence-electron chi connectivity index (χ3n) is 5.48. The second kappa shape index (κ2) is 9.72. The molecule has 1 heterocycles. The fraction of sp³-hybridized carbons (Fsp3) is 0.308. The van der Waals surface area contributed by atoms with E-state index in [2.05, 4.69) is 18.8 Å². The Morgan fingerprint density at radius 2 is 1.47 bits per heavy atom. The highest BCUT2D eigenvalue weighted by Crippen LogP contribution is 2.29. The molecule has 1 aliphatic rings. The molecule has 1 fully saturated rings. The number of rotatable bonds is 4. The van der Waals surface area contributed by atoms with Crippen LogP contribution >= 0.6 is 0 Å². The molecule has 0 spiro atoms. The predicted molar refractivity (Wildman–Crippen MR) is 114 cm³/mol. The Balaban J connectivity index is 1.52. The smallest absolute Gasteiger partial charge is 0.184 e. The maximum absolute atomic E-state index is 14.6. The number of hydrogen-bond acceptors (Lipinski definition) is 2. The Labute approximate surface area is 184 Å². The number of halogens is 4. The average Bonchev–Trinajstić information content (AvgIpc) is 2.78. The molecular formula is C26H22F4O2. The van der Waals surface area contributed by atoms with E-state index in [1.807, 2.05) is 0 Å². The maximum atomic E-state index is 14.6. The molecule has 0 saturated carbocycles. The first-order chi connectivity index (χ1) is 15.4. The van der Waals surface area contributed by atoms with Crippen molar-refractivity contribution >= 4 is 10.8 Å². The van der Waals surface area contributed by atoms with E-state index in [1.165, 1.54) is 18.2 Å². The van der Waals surface area contributed by atoms with Crippen LogP contribution in [0.3, 0.4) is 0 Å². The first-order valence-electron chi connectivity index (χ1n) is 10.6. The van der Waals surface area contributed by atoms with Crippen LogP contribution in [0.5, 0.6) is 0 Å². The van der Waals surface area contributed by atoms with Crippen molar-refractivity contribution in [1.29, 1.82) is 0 Å². The first-order valence-corrected chi connectivity index (χ1v) is 10.6. The van der Waals surface area contributed by atoms with Crippen molar-refractivity contribution in [3.63, 3.8) is 0 Å². The van der Waals surface area contributed by atoms with E-state index in [9.17, 15) is 17.6 Å². The molecular weight excluding hydrogens is 420 g/mol. The molecule has 3 aromatic carbocycles. The zero-order chi connectivity index (χ0) is 22.7. The number of hydrogen-bond donors (Lipinski definition) is 0. The molecule has 0 unspecified atom stereocenters. The number of unbranched alkanes of at least 4 members (excludes halogenated alkanes) is 1. The highest BCUT2D eigenvalue weighted by molar-refractivity contribution is 5.84. The normalized spacial score (nSPS) is 18.4. The minimum absolute atomic E-state index is 0.266.